The Bertz CT molecular complexity index is 881. The molecule has 5 nitrogen and oxygen atoms in total. The second-order valence-electron chi connectivity index (χ2n) is 6.49. The van der Waals surface area contributed by atoms with Crippen LogP contribution in [0.3, 0.4) is 0 Å². The first-order valence-electron chi connectivity index (χ1n) is 9.07. The number of carbonyl (C=O) groups is 1. The van der Waals surface area contributed by atoms with Crippen LogP contribution < -0.4 is 4.74 Å². The standard InChI is InChI=1S/C23H22NO4.U/c1-17-4-11-23(27)24(17)12-2-3-13-28-22-9-7-18(8-10-22)5-6-19-14-20(25)16-21(26)15-19;/h1,4-11,14-16,25-26H,2-3,12-13H2;/q-1;/b6-5+;. The van der Waals surface area contributed by atoms with E-state index in [2.05, 4.69) is 0 Å². The normalized spacial score (nSPS) is 13.2. The van der Waals surface area contributed by atoms with Crippen LogP contribution in [0.15, 0.2) is 60.3 Å². The summed E-state index contributed by atoms with van der Waals surface area (Å²) in [6.07, 6.45) is 8.43. The average molecular weight is 614 g/mol. The van der Waals surface area contributed by atoms with E-state index in [0.29, 0.717) is 24.4 Å². The van der Waals surface area contributed by atoms with Gasteiger partial charge in [0.15, 0.2) is 0 Å². The number of benzene rings is 2. The number of rotatable bonds is 8. The summed E-state index contributed by atoms with van der Waals surface area (Å²) in [4.78, 5) is 13.1. The Hall–Kier alpha value is -2.42. The van der Waals surface area contributed by atoms with Crippen molar-refractivity contribution in [1.82, 2.24) is 4.90 Å². The maximum Gasteiger partial charge on any atom is 0.230 e. The van der Waals surface area contributed by atoms with Gasteiger partial charge in [0.05, 0.1) is 6.61 Å². The number of ether oxygens (including phenoxy) is 1. The summed E-state index contributed by atoms with van der Waals surface area (Å²) in [5.41, 5.74) is 2.18. The Morgan fingerprint density at radius 1 is 0.931 bits per heavy atom. The summed E-state index contributed by atoms with van der Waals surface area (Å²) >= 11 is 0. The van der Waals surface area contributed by atoms with E-state index in [4.69, 9.17) is 11.3 Å². The van der Waals surface area contributed by atoms with Gasteiger partial charge in [-0.1, -0.05) is 30.4 Å². The third kappa shape index (κ3) is 6.85. The molecule has 2 aromatic rings. The number of carbonyl (C=O) groups excluding carboxylic acids is 1. The average Bonchev–Trinajstić information content (AvgIpc) is 2.98. The van der Waals surface area contributed by atoms with Crippen molar-refractivity contribution in [3.8, 4) is 17.2 Å². The smallest absolute Gasteiger partial charge is 0.230 e. The zero-order chi connectivity index (χ0) is 19.9. The van der Waals surface area contributed by atoms with Gasteiger partial charge in [-0.05, 0) is 48.2 Å². The molecular formula is C23H22NO4U-. The Labute approximate surface area is 194 Å². The summed E-state index contributed by atoms with van der Waals surface area (Å²) in [5.74, 6) is 0.754. The van der Waals surface area contributed by atoms with Crippen LogP contribution in [-0.2, 0) is 4.79 Å². The number of hydrogen-bond acceptors (Lipinski definition) is 4. The molecule has 0 radical (unpaired) electrons. The molecule has 0 unspecified atom stereocenters. The Morgan fingerprint density at radius 2 is 1.59 bits per heavy atom. The minimum Gasteiger partial charge on any atom is -0.508 e. The molecule has 0 spiro atoms. The number of phenols is 2. The fraction of sp³-hybridized carbons (Fsp3) is 0.174. The van der Waals surface area contributed by atoms with Gasteiger partial charge in [-0.15, -0.1) is 5.70 Å². The topological polar surface area (TPSA) is 70.0 Å². The van der Waals surface area contributed by atoms with Gasteiger partial charge in [0.2, 0.25) is 5.91 Å². The molecule has 1 heterocycles. The Morgan fingerprint density at radius 3 is 2.21 bits per heavy atom. The van der Waals surface area contributed by atoms with Crippen LogP contribution >= 0.6 is 0 Å². The third-order valence-electron chi connectivity index (χ3n) is 4.29. The molecule has 0 aromatic heterocycles. The summed E-state index contributed by atoms with van der Waals surface area (Å²) in [5, 5.41) is 19.0. The molecule has 0 saturated heterocycles. The zero-order valence-electron chi connectivity index (χ0n) is 15.9. The predicted octanol–water partition coefficient (Wildman–Crippen LogP) is 4.14. The van der Waals surface area contributed by atoms with Crippen molar-refractivity contribution in [1.29, 1.82) is 0 Å². The molecule has 0 aliphatic carbocycles. The van der Waals surface area contributed by atoms with E-state index in [-0.39, 0.29) is 48.5 Å². The molecule has 6 heteroatoms. The van der Waals surface area contributed by atoms with Gasteiger partial charge in [0.1, 0.15) is 17.2 Å². The van der Waals surface area contributed by atoms with Gasteiger partial charge in [0.25, 0.3) is 0 Å². The van der Waals surface area contributed by atoms with Crippen LogP contribution in [0.4, 0.5) is 0 Å². The van der Waals surface area contributed by atoms with Gasteiger partial charge >= 0.3 is 0 Å². The van der Waals surface area contributed by atoms with Crippen LogP contribution in [-0.4, -0.2) is 34.2 Å². The van der Waals surface area contributed by atoms with Crippen molar-refractivity contribution in [2.24, 2.45) is 0 Å². The first-order chi connectivity index (χ1) is 13.5. The van der Waals surface area contributed by atoms with E-state index < -0.39 is 0 Å². The Balaban J connectivity index is 0.00000300. The fourth-order valence-corrected chi connectivity index (χ4v) is 2.85. The Kier molecular flexibility index (Phi) is 8.63. The van der Waals surface area contributed by atoms with Crippen LogP contribution in [0.2, 0.25) is 0 Å². The molecule has 3 rings (SSSR count). The number of aromatic hydroxyl groups is 2. The van der Waals surface area contributed by atoms with Crippen molar-refractivity contribution in [2.45, 2.75) is 12.8 Å². The second-order valence-corrected chi connectivity index (χ2v) is 6.49. The number of nitrogens with zero attached hydrogens (tertiary/aromatic N) is 1. The van der Waals surface area contributed by atoms with Crippen molar-refractivity contribution < 1.29 is 50.9 Å². The van der Waals surface area contributed by atoms with E-state index in [1.54, 1.807) is 23.1 Å². The van der Waals surface area contributed by atoms with Crippen molar-refractivity contribution in [3.63, 3.8) is 0 Å². The maximum absolute atomic E-state index is 11.6. The number of phenolic OH excluding ortho intramolecular Hbond substituents is 2. The first-order valence-corrected chi connectivity index (χ1v) is 9.07. The quantitative estimate of drug-likeness (QED) is 0.267. The second kappa shape index (κ2) is 10.9. The van der Waals surface area contributed by atoms with Crippen molar-refractivity contribution >= 4 is 18.1 Å². The van der Waals surface area contributed by atoms with Gasteiger partial charge in [-0.25, -0.2) is 0 Å². The zero-order valence-corrected chi connectivity index (χ0v) is 20.1. The minimum absolute atomic E-state index is 0. The largest absolute Gasteiger partial charge is 0.508 e. The summed E-state index contributed by atoms with van der Waals surface area (Å²) < 4.78 is 5.73. The molecule has 148 valence electrons. The molecule has 2 aromatic carbocycles. The van der Waals surface area contributed by atoms with Crippen molar-refractivity contribution in [2.75, 3.05) is 13.2 Å². The molecule has 0 atom stereocenters. The minimum atomic E-state index is -0.0667. The van der Waals surface area contributed by atoms with Crippen LogP contribution in [0.5, 0.6) is 17.2 Å². The molecule has 2 N–H and O–H groups in total. The fourth-order valence-electron chi connectivity index (χ4n) is 2.85. The van der Waals surface area contributed by atoms with E-state index >= 15 is 0 Å². The molecule has 1 amide bonds. The monoisotopic (exact) mass is 614 g/mol. The van der Waals surface area contributed by atoms with Gasteiger partial charge in [-0.3, -0.25) is 11.4 Å². The summed E-state index contributed by atoms with van der Waals surface area (Å²) in [7, 11) is 0. The third-order valence-corrected chi connectivity index (χ3v) is 4.29. The van der Waals surface area contributed by atoms with Gasteiger partial charge in [0, 0.05) is 43.7 Å². The molecule has 0 bridgehead atoms. The van der Waals surface area contributed by atoms with E-state index in [1.807, 2.05) is 36.4 Å². The number of hydrogen-bond donors (Lipinski definition) is 2. The molecule has 1 aliphatic heterocycles. The van der Waals surface area contributed by atoms with Crippen molar-refractivity contribution in [3.05, 3.63) is 78.0 Å². The molecule has 1 aliphatic rings. The van der Waals surface area contributed by atoms with Gasteiger partial charge < -0.3 is 19.8 Å². The molecule has 0 fully saturated rings. The number of amides is 1. The number of allylic oxidation sites excluding steroid dienone is 1. The molecule has 29 heavy (non-hydrogen) atoms. The number of unbranched alkanes of at least 4 members (excludes halogenated alkanes) is 1. The summed E-state index contributed by atoms with van der Waals surface area (Å²) in [6.45, 7) is 6.89. The molecule has 0 saturated carbocycles. The van der Waals surface area contributed by atoms with Crippen LogP contribution in [0, 0.1) is 37.7 Å². The van der Waals surface area contributed by atoms with Gasteiger partial charge in [-0.2, -0.15) is 6.08 Å². The van der Waals surface area contributed by atoms with Crippen LogP contribution in [0.25, 0.3) is 12.2 Å². The maximum atomic E-state index is 11.6. The first kappa shape index (κ1) is 22.9. The summed E-state index contributed by atoms with van der Waals surface area (Å²) in [6, 6.07) is 12.1. The molecular weight excluding hydrogens is 592 g/mol. The van der Waals surface area contributed by atoms with Crippen LogP contribution in [0.1, 0.15) is 24.0 Å². The van der Waals surface area contributed by atoms with E-state index in [9.17, 15) is 15.0 Å². The van der Waals surface area contributed by atoms with E-state index in [0.717, 1.165) is 24.2 Å². The predicted molar refractivity (Wildman–Crippen MR) is 109 cm³/mol. The van der Waals surface area contributed by atoms with E-state index in [1.165, 1.54) is 12.1 Å². The SMILES string of the molecule is [CH-]=C1C=CC(=O)N1CCCCOc1ccc(/C=C/c2cc(O)cc(O)c2)cc1.[U].